The number of piperidine rings is 1. The molecule has 0 spiro atoms. The Morgan fingerprint density at radius 2 is 1.97 bits per heavy atom. The number of carbonyl (C=O) groups is 4. The summed E-state index contributed by atoms with van der Waals surface area (Å²) < 4.78 is 31.8. The highest BCUT2D eigenvalue weighted by atomic mass is 32.2. The van der Waals surface area contributed by atoms with E-state index >= 15 is 0 Å². The minimum absolute atomic E-state index is 0.0185. The molecule has 3 N–H and O–H groups in total. The van der Waals surface area contributed by atoms with Crippen molar-refractivity contribution in [3.63, 3.8) is 0 Å². The number of halogens is 2. The number of fused-ring (bicyclic) bond motifs is 1. The molecule has 5 atom stereocenters. The Hall–Kier alpha value is -2.62. The fourth-order valence-electron chi connectivity index (χ4n) is 5.24. The minimum atomic E-state index is -2.65. The normalized spacial score (nSPS) is 30.6. The SMILES string of the molecule is N#C[C@H](C[C@@H]1CCNC1=O)NC(=O)[C@@H]1CS[C@H]2CCC(NC(=O)OCC3CCC(F)(F)CC3)C(=O)N21. The Morgan fingerprint density at radius 3 is 2.64 bits per heavy atom. The van der Waals surface area contributed by atoms with Crippen LogP contribution in [-0.2, 0) is 19.1 Å². The van der Waals surface area contributed by atoms with Crippen LogP contribution in [-0.4, -0.2) is 77.0 Å². The highest BCUT2D eigenvalue weighted by Gasteiger charge is 2.47. The van der Waals surface area contributed by atoms with E-state index in [1.807, 2.05) is 6.07 Å². The lowest BCUT2D eigenvalue weighted by atomic mass is 9.87. The van der Waals surface area contributed by atoms with Crippen LogP contribution in [0.5, 0.6) is 0 Å². The Kier molecular flexibility index (Phi) is 8.22. The van der Waals surface area contributed by atoms with E-state index in [-0.39, 0.29) is 61.8 Å². The first kappa shape index (κ1) is 26.4. The molecule has 10 nitrogen and oxygen atoms in total. The third-order valence-corrected chi connectivity index (χ3v) is 8.74. The standard InChI is InChI=1S/C23H31F2N5O5S/c24-23(25)6-3-13(4-7-23)11-35-22(34)29-16-1-2-18-30(21(16)33)17(12-36-18)20(32)28-15(10-26)9-14-5-8-27-19(14)31/h13-18H,1-9,11-12H2,(H,27,31)(H,28,32)(H,29,34)/t14-,15-,16?,17-,18-/m0/s1. The summed E-state index contributed by atoms with van der Waals surface area (Å²) in [6.45, 7) is 0.566. The van der Waals surface area contributed by atoms with Gasteiger partial charge in [0.2, 0.25) is 23.6 Å². The average molecular weight is 528 g/mol. The van der Waals surface area contributed by atoms with Crippen LogP contribution in [0.15, 0.2) is 0 Å². The monoisotopic (exact) mass is 527 g/mol. The molecule has 0 aromatic carbocycles. The molecule has 3 heterocycles. The van der Waals surface area contributed by atoms with E-state index in [9.17, 15) is 33.2 Å². The summed E-state index contributed by atoms with van der Waals surface area (Å²) >= 11 is 1.48. The van der Waals surface area contributed by atoms with Gasteiger partial charge in [0, 0.05) is 31.1 Å². The zero-order chi connectivity index (χ0) is 25.9. The van der Waals surface area contributed by atoms with Gasteiger partial charge in [0.05, 0.1) is 18.0 Å². The molecule has 4 aliphatic rings. The summed E-state index contributed by atoms with van der Waals surface area (Å²) in [4.78, 5) is 51.8. The van der Waals surface area contributed by atoms with E-state index in [0.29, 0.717) is 31.6 Å². The molecule has 36 heavy (non-hydrogen) atoms. The molecule has 4 rings (SSSR count). The van der Waals surface area contributed by atoms with E-state index in [1.54, 1.807) is 0 Å². The number of rotatable bonds is 7. The summed E-state index contributed by atoms with van der Waals surface area (Å²) in [5.74, 6) is -3.73. The minimum Gasteiger partial charge on any atom is -0.449 e. The van der Waals surface area contributed by atoms with Crippen LogP contribution in [0, 0.1) is 23.2 Å². The number of amides is 4. The molecule has 4 fully saturated rings. The van der Waals surface area contributed by atoms with Gasteiger partial charge in [0.15, 0.2) is 0 Å². The molecule has 0 aromatic rings. The van der Waals surface area contributed by atoms with Crippen molar-refractivity contribution >= 4 is 35.6 Å². The topological polar surface area (TPSA) is 141 Å². The van der Waals surface area contributed by atoms with Gasteiger partial charge in [-0.15, -0.1) is 11.8 Å². The first-order chi connectivity index (χ1) is 17.2. The Labute approximate surface area is 212 Å². The molecule has 13 heteroatoms. The molecule has 0 aromatic heterocycles. The summed E-state index contributed by atoms with van der Waals surface area (Å²) in [6.07, 6.45) is 1.12. The smallest absolute Gasteiger partial charge is 0.407 e. The molecule has 0 bridgehead atoms. The summed E-state index contributed by atoms with van der Waals surface area (Å²) in [5.41, 5.74) is 0. The molecule has 0 radical (unpaired) electrons. The lowest BCUT2D eigenvalue weighted by molar-refractivity contribution is -0.143. The predicted molar refractivity (Wildman–Crippen MR) is 125 cm³/mol. The largest absolute Gasteiger partial charge is 0.449 e. The Morgan fingerprint density at radius 1 is 1.22 bits per heavy atom. The number of alkyl halides is 2. The molecule has 1 saturated carbocycles. The number of hydrogen-bond donors (Lipinski definition) is 3. The van der Waals surface area contributed by atoms with Crippen molar-refractivity contribution in [3.05, 3.63) is 0 Å². The zero-order valence-corrected chi connectivity index (χ0v) is 20.7. The zero-order valence-electron chi connectivity index (χ0n) is 19.8. The van der Waals surface area contributed by atoms with Crippen molar-refractivity contribution in [3.8, 4) is 6.07 Å². The van der Waals surface area contributed by atoms with Gasteiger partial charge in [0.25, 0.3) is 0 Å². The number of nitrogens with one attached hydrogen (secondary N) is 3. The van der Waals surface area contributed by atoms with Crippen molar-refractivity contribution in [2.75, 3.05) is 18.9 Å². The van der Waals surface area contributed by atoms with Crippen molar-refractivity contribution < 1.29 is 32.7 Å². The first-order valence-electron chi connectivity index (χ1n) is 12.4. The van der Waals surface area contributed by atoms with Crippen LogP contribution in [0.2, 0.25) is 0 Å². The second-order valence-electron chi connectivity index (χ2n) is 9.92. The average Bonchev–Trinajstić information content (AvgIpc) is 3.46. The first-order valence-corrected chi connectivity index (χ1v) is 13.4. The summed E-state index contributed by atoms with van der Waals surface area (Å²) in [7, 11) is 0. The number of thioether (sulfide) groups is 1. The maximum atomic E-state index is 13.3. The third kappa shape index (κ3) is 6.19. The molecular weight excluding hydrogens is 496 g/mol. The van der Waals surface area contributed by atoms with Gasteiger partial charge >= 0.3 is 6.09 Å². The number of ether oxygens (including phenoxy) is 1. The lowest BCUT2D eigenvalue weighted by Gasteiger charge is -2.37. The number of carbonyl (C=O) groups excluding carboxylic acids is 4. The second-order valence-corrected chi connectivity index (χ2v) is 11.1. The van der Waals surface area contributed by atoms with Gasteiger partial charge in [-0.3, -0.25) is 14.4 Å². The van der Waals surface area contributed by atoms with Crippen LogP contribution in [0.3, 0.4) is 0 Å². The van der Waals surface area contributed by atoms with Crippen molar-refractivity contribution in [2.24, 2.45) is 11.8 Å². The van der Waals surface area contributed by atoms with Crippen LogP contribution < -0.4 is 16.0 Å². The quantitative estimate of drug-likeness (QED) is 0.456. The van der Waals surface area contributed by atoms with Gasteiger partial charge in [-0.2, -0.15) is 5.26 Å². The van der Waals surface area contributed by atoms with Gasteiger partial charge in [-0.05, 0) is 44.4 Å². The van der Waals surface area contributed by atoms with E-state index in [1.165, 1.54) is 16.7 Å². The number of hydrogen-bond acceptors (Lipinski definition) is 7. The molecule has 3 saturated heterocycles. The Bertz CT molecular complexity index is 921. The van der Waals surface area contributed by atoms with Gasteiger partial charge in [0.1, 0.15) is 18.1 Å². The highest BCUT2D eigenvalue weighted by Crippen LogP contribution is 2.37. The second kappa shape index (κ2) is 11.2. The molecule has 4 amide bonds. The molecular formula is C23H31F2N5O5S. The molecule has 198 valence electrons. The van der Waals surface area contributed by atoms with Crippen LogP contribution in [0.4, 0.5) is 13.6 Å². The maximum absolute atomic E-state index is 13.3. The van der Waals surface area contributed by atoms with E-state index < -0.39 is 42.0 Å². The number of nitrogens with zero attached hydrogens (tertiary/aromatic N) is 2. The third-order valence-electron chi connectivity index (χ3n) is 7.38. The lowest BCUT2D eigenvalue weighted by Crippen LogP contribution is -2.59. The van der Waals surface area contributed by atoms with Gasteiger partial charge in [-0.25, -0.2) is 13.6 Å². The fourth-order valence-corrected chi connectivity index (χ4v) is 6.67. The van der Waals surface area contributed by atoms with Crippen LogP contribution >= 0.6 is 11.8 Å². The van der Waals surface area contributed by atoms with Gasteiger partial charge in [-0.1, -0.05) is 0 Å². The number of alkyl carbamates (subject to hydrolysis) is 1. The highest BCUT2D eigenvalue weighted by molar-refractivity contribution is 8.00. The summed E-state index contributed by atoms with van der Waals surface area (Å²) in [6, 6.07) is -0.459. The van der Waals surface area contributed by atoms with E-state index in [2.05, 4.69) is 16.0 Å². The Balaban J connectivity index is 1.27. The summed E-state index contributed by atoms with van der Waals surface area (Å²) in [5, 5.41) is 17.2. The fraction of sp³-hybridized carbons (Fsp3) is 0.783. The van der Waals surface area contributed by atoms with Gasteiger partial charge < -0.3 is 25.6 Å². The van der Waals surface area contributed by atoms with Crippen LogP contribution in [0.1, 0.15) is 51.4 Å². The van der Waals surface area contributed by atoms with Crippen molar-refractivity contribution in [2.45, 2.75) is 80.8 Å². The maximum Gasteiger partial charge on any atom is 0.407 e. The molecule has 3 aliphatic heterocycles. The van der Waals surface area contributed by atoms with Crippen molar-refractivity contribution in [1.29, 1.82) is 5.26 Å². The number of nitriles is 1. The van der Waals surface area contributed by atoms with E-state index in [4.69, 9.17) is 4.74 Å². The van der Waals surface area contributed by atoms with Crippen LogP contribution in [0.25, 0.3) is 0 Å². The molecule has 1 aliphatic carbocycles. The predicted octanol–water partition coefficient (Wildman–Crippen LogP) is 1.51. The van der Waals surface area contributed by atoms with E-state index in [0.717, 1.165) is 0 Å². The van der Waals surface area contributed by atoms with Crippen molar-refractivity contribution in [1.82, 2.24) is 20.9 Å². The molecule has 1 unspecified atom stereocenters.